The fourth-order valence-electron chi connectivity index (χ4n) is 2.62. The van der Waals surface area contributed by atoms with Crippen LogP contribution < -0.4 is 5.73 Å². The van der Waals surface area contributed by atoms with Crippen LogP contribution in [0.5, 0.6) is 0 Å². The average molecular weight is 299 g/mol. The smallest absolute Gasteiger partial charge is 0.389 e. The van der Waals surface area contributed by atoms with Crippen LogP contribution in [0, 0.1) is 5.92 Å². The van der Waals surface area contributed by atoms with Gasteiger partial charge in [0, 0.05) is 11.8 Å². The lowest BCUT2D eigenvalue weighted by Crippen LogP contribution is -2.23. The van der Waals surface area contributed by atoms with E-state index in [0.717, 1.165) is 11.8 Å². The number of para-hydroxylation sites is 1. The zero-order chi connectivity index (χ0) is 15.5. The van der Waals surface area contributed by atoms with Gasteiger partial charge in [-0.15, -0.1) is 0 Å². The van der Waals surface area contributed by atoms with E-state index in [1.165, 1.54) is 0 Å². The molecule has 2 atom stereocenters. The third-order valence-corrected chi connectivity index (χ3v) is 3.74. The molecule has 2 nitrogen and oxygen atoms in total. The molecule has 0 fully saturated rings. The number of benzene rings is 1. The van der Waals surface area contributed by atoms with Crippen LogP contribution in [0.2, 0.25) is 0 Å². The number of hydrogen-bond acceptors (Lipinski definition) is 2. The summed E-state index contributed by atoms with van der Waals surface area (Å²) in [5.41, 5.74) is 6.87. The van der Waals surface area contributed by atoms with Crippen molar-refractivity contribution in [3.05, 3.63) is 36.1 Å². The van der Waals surface area contributed by atoms with Gasteiger partial charge in [-0.2, -0.15) is 13.2 Å². The highest BCUT2D eigenvalue weighted by Gasteiger charge is 2.31. The van der Waals surface area contributed by atoms with Crippen molar-refractivity contribution in [3.8, 4) is 0 Å². The topological polar surface area (TPSA) is 39.2 Å². The summed E-state index contributed by atoms with van der Waals surface area (Å²) in [4.78, 5) is 0. The van der Waals surface area contributed by atoms with Crippen LogP contribution in [-0.2, 0) is 0 Å². The molecule has 0 bridgehead atoms. The minimum absolute atomic E-state index is 0.0373. The number of furan rings is 1. The molecule has 116 valence electrons. The Bertz CT molecular complexity index is 543. The molecule has 0 aliphatic heterocycles. The summed E-state index contributed by atoms with van der Waals surface area (Å²) in [7, 11) is 0. The van der Waals surface area contributed by atoms with Gasteiger partial charge in [0.05, 0.1) is 6.04 Å². The molecule has 0 radical (unpaired) electrons. The van der Waals surface area contributed by atoms with E-state index in [4.69, 9.17) is 10.2 Å². The van der Waals surface area contributed by atoms with E-state index in [9.17, 15) is 13.2 Å². The number of rotatable bonds is 6. The van der Waals surface area contributed by atoms with Gasteiger partial charge in [0.15, 0.2) is 0 Å². The second-order valence-corrected chi connectivity index (χ2v) is 5.41. The molecule has 1 aromatic heterocycles. The maximum Gasteiger partial charge on any atom is 0.389 e. The van der Waals surface area contributed by atoms with Crippen LogP contribution in [0.1, 0.15) is 44.4 Å². The molecule has 0 spiro atoms. The normalized spacial score (nSPS) is 15.3. The molecule has 2 aromatic rings. The molecule has 0 aliphatic carbocycles. The summed E-state index contributed by atoms with van der Waals surface area (Å²) in [6, 6.07) is 8.81. The standard InChI is InChI=1S/C16H20F3NO/c1-2-5-11(8-9-16(17,18)19)15(20)14-10-12-6-3-4-7-13(12)21-14/h3-4,6-7,10-11,15H,2,5,8-9,20H2,1H3. The minimum Gasteiger partial charge on any atom is -0.459 e. The molecule has 1 heterocycles. The van der Waals surface area contributed by atoms with Crippen molar-refractivity contribution in [1.29, 1.82) is 0 Å². The second kappa shape index (κ2) is 6.52. The number of halogens is 3. The molecule has 0 amide bonds. The molecule has 2 N–H and O–H groups in total. The molecule has 2 unspecified atom stereocenters. The summed E-state index contributed by atoms with van der Waals surface area (Å²) in [5, 5.41) is 0.925. The summed E-state index contributed by atoms with van der Waals surface area (Å²) in [6.07, 6.45) is -3.44. The largest absolute Gasteiger partial charge is 0.459 e. The number of nitrogens with two attached hydrogens (primary N) is 1. The van der Waals surface area contributed by atoms with Crippen molar-refractivity contribution in [2.45, 2.75) is 44.8 Å². The molecule has 0 saturated heterocycles. The zero-order valence-electron chi connectivity index (χ0n) is 12.0. The molecule has 1 aromatic carbocycles. The minimum atomic E-state index is -4.14. The monoisotopic (exact) mass is 299 g/mol. The van der Waals surface area contributed by atoms with Crippen molar-refractivity contribution >= 4 is 11.0 Å². The van der Waals surface area contributed by atoms with Crippen LogP contribution in [0.4, 0.5) is 13.2 Å². The highest BCUT2D eigenvalue weighted by atomic mass is 19.4. The predicted molar refractivity (Wildman–Crippen MR) is 76.8 cm³/mol. The number of alkyl halides is 3. The van der Waals surface area contributed by atoms with Crippen LogP contribution in [0.3, 0.4) is 0 Å². The summed E-state index contributed by atoms with van der Waals surface area (Å²) in [6.45, 7) is 1.95. The van der Waals surface area contributed by atoms with Gasteiger partial charge in [-0.25, -0.2) is 0 Å². The van der Waals surface area contributed by atoms with Crippen LogP contribution in [-0.4, -0.2) is 6.18 Å². The lowest BCUT2D eigenvalue weighted by Gasteiger charge is -2.22. The number of fused-ring (bicyclic) bond motifs is 1. The van der Waals surface area contributed by atoms with Crippen molar-refractivity contribution in [3.63, 3.8) is 0 Å². The fourth-order valence-corrected chi connectivity index (χ4v) is 2.62. The third kappa shape index (κ3) is 4.24. The third-order valence-electron chi connectivity index (χ3n) is 3.74. The molecular formula is C16H20F3NO. The van der Waals surface area contributed by atoms with Gasteiger partial charge in [0.1, 0.15) is 11.3 Å². The summed E-state index contributed by atoms with van der Waals surface area (Å²) in [5.74, 6) is 0.342. The maximum atomic E-state index is 12.4. The maximum absolute atomic E-state index is 12.4. The van der Waals surface area contributed by atoms with Crippen LogP contribution in [0.15, 0.2) is 34.7 Å². The Kier molecular flexibility index (Phi) is 4.93. The highest BCUT2D eigenvalue weighted by molar-refractivity contribution is 5.77. The van der Waals surface area contributed by atoms with E-state index in [1.807, 2.05) is 37.3 Å². The first-order chi connectivity index (χ1) is 9.90. The second-order valence-electron chi connectivity index (χ2n) is 5.41. The Morgan fingerprint density at radius 2 is 1.90 bits per heavy atom. The van der Waals surface area contributed by atoms with Gasteiger partial charge < -0.3 is 10.2 Å². The molecule has 2 rings (SSSR count). The van der Waals surface area contributed by atoms with Crippen LogP contribution >= 0.6 is 0 Å². The summed E-state index contributed by atoms with van der Waals surface area (Å²) < 4.78 is 43.0. The first-order valence-electron chi connectivity index (χ1n) is 7.21. The Morgan fingerprint density at radius 1 is 1.19 bits per heavy atom. The Hall–Kier alpha value is -1.49. The average Bonchev–Trinajstić information content (AvgIpc) is 2.85. The van der Waals surface area contributed by atoms with E-state index in [1.54, 1.807) is 0 Å². The van der Waals surface area contributed by atoms with Gasteiger partial charge >= 0.3 is 6.18 Å². The SMILES string of the molecule is CCCC(CCC(F)(F)F)C(N)c1cc2ccccc2o1. The van der Waals surface area contributed by atoms with Gasteiger partial charge in [0.2, 0.25) is 0 Å². The van der Waals surface area contributed by atoms with E-state index in [-0.39, 0.29) is 12.3 Å². The van der Waals surface area contributed by atoms with E-state index in [2.05, 4.69) is 0 Å². The lowest BCUT2D eigenvalue weighted by molar-refractivity contribution is -0.138. The molecule has 21 heavy (non-hydrogen) atoms. The van der Waals surface area contributed by atoms with Crippen LogP contribution in [0.25, 0.3) is 11.0 Å². The summed E-state index contributed by atoms with van der Waals surface area (Å²) >= 11 is 0. The zero-order valence-corrected chi connectivity index (χ0v) is 12.0. The Balaban J connectivity index is 2.14. The Labute approximate surface area is 122 Å². The highest BCUT2D eigenvalue weighted by Crippen LogP contribution is 2.34. The van der Waals surface area contributed by atoms with Crippen molar-refractivity contribution < 1.29 is 17.6 Å². The van der Waals surface area contributed by atoms with Gasteiger partial charge in [-0.05, 0) is 30.9 Å². The van der Waals surface area contributed by atoms with E-state index >= 15 is 0 Å². The first-order valence-corrected chi connectivity index (χ1v) is 7.21. The van der Waals surface area contributed by atoms with Crippen molar-refractivity contribution in [1.82, 2.24) is 0 Å². The number of hydrogen-bond donors (Lipinski definition) is 1. The van der Waals surface area contributed by atoms with Gasteiger partial charge in [-0.3, -0.25) is 0 Å². The first kappa shape index (κ1) is 15.9. The van der Waals surface area contributed by atoms with Crippen molar-refractivity contribution in [2.75, 3.05) is 0 Å². The molecule has 0 saturated carbocycles. The van der Waals surface area contributed by atoms with E-state index in [0.29, 0.717) is 17.8 Å². The van der Waals surface area contributed by atoms with Gasteiger partial charge in [0.25, 0.3) is 0 Å². The molecular weight excluding hydrogens is 279 g/mol. The fraction of sp³-hybridized carbons (Fsp3) is 0.500. The molecule has 5 heteroatoms. The lowest BCUT2D eigenvalue weighted by atomic mass is 9.89. The van der Waals surface area contributed by atoms with Gasteiger partial charge in [-0.1, -0.05) is 31.5 Å². The quantitative estimate of drug-likeness (QED) is 0.797. The van der Waals surface area contributed by atoms with Crippen molar-refractivity contribution in [2.24, 2.45) is 11.7 Å². The Morgan fingerprint density at radius 3 is 2.52 bits per heavy atom. The van der Waals surface area contributed by atoms with E-state index < -0.39 is 18.6 Å². The predicted octanol–water partition coefficient (Wildman–Crippen LogP) is 5.19. The molecule has 0 aliphatic rings.